The molecule has 3 saturated heterocycles. The number of carbonyl (C=O) groups is 2. The van der Waals surface area contributed by atoms with Gasteiger partial charge in [-0.25, -0.2) is 4.79 Å². The van der Waals surface area contributed by atoms with Gasteiger partial charge in [-0.05, 0) is 52.4 Å². The Morgan fingerprint density at radius 1 is 1.00 bits per heavy atom. The number of carbonyl (C=O) groups excluding carboxylic acids is 1. The lowest BCUT2D eigenvalue weighted by atomic mass is 9.89. The van der Waals surface area contributed by atoms with E-state index in [1.54, 1.807) is 0 Å². The van der Waals surface area contributed by atoms with Crippen molar-refractivity contribution in [3.8, 4) is 0 Å². The zero-order valence-electron chi connectivity index (χ0n) is 12.3. The molecule has 3 aliphatic rings. The maximum atomic E-state index is 12.9. The number of fused-ring (bicyclic) bond motifs is 2. The van der Waals surface area contributed by atoms with Crippen molar-refractivity contribution in [3.63, 3.8) is 0 Å². The van der Waals surface area contributed by atoms with Gasteiger partial charge < -0.3 is 14.9 Å². The molecule has 0 spiro atoms. The molecule has 5 heteroatoms. The maximum Gasteiger partial charge on any atom is 0.321 e. The molecular weight excluding hydrogens is 256 g/mol. The van der Waals surface area contributed by atoms with Gasteiger partial charge in [0.1, 0.15) is 0 Å². The number of hydrogen-bond donors (Lipinski definition) is 1. The van der Waals surface area contributed by atoms with Crippen LogP contribution in [0, 0.1) is 5.92 Å². The number of nitrogens with zero attached hydrogens (tertiary/aromatic N) is 2. The first-order valence-corrected chi connectivity index (χ1v) is 7.84. The Kier molecular flexibility index (Phi) is 3.38. The minimum Gasteiger partial charge on any atom is -0.481 e. The average molecular weight is 280 g/mol. The van der Waals surface area contributed by atoms with Crippen LogP contribution in [0.3, 0.4) is 0 Å². The summed E-state index contributed by atoms with van der Waals surface area (Å²) < 4.78 is 0. The summed E-state index contributed by atoms with van der Waals surface area (Å²) in [7, 11) is 0. The van der Waals surface area contributed by atoms with Crippen molar-refractivity contribution in [2.45, 2.75) is 76.5 Å². The molecule has 3 unspecified atom stereocenters. The SMILES string of the molecule is C[C@@H]1CCC[C@H](C)N1C(=O)N1C2CCC1C(C(=O)O)C2. The van der Waals surface area contributed by atoms with Gasteiger partial charge in [0.15, 0.2) is 0 Å². The summed E-state index contributed by atoms with van der Waals surface area (Å²) in [5, 5.41) is 9.30. The molecule has 0 aromatic heterocycles. The number of likely N-dealkylation sites (tertiary alicyclic amines) is 1. The highest BCUT2D eigenvalue weighted by Gasteiger charge is 2.53. The summed E-state index contributed by atoms with van der Waals surface area (Å²) in [6, 6.07) is 0.700. The molecule has 3 rings (SSSR count). The molecule has 0 aromatic rings. The zero-order valence-corrected chi connectivity index (χ0v) is 12.3. The van der Waals surface area contributed by atoms with E-state index < -0.39 is 5.97 Å². The van der Waals surface area contributed by atoms with Crippen molar-refractivity contribution in [2.75, 3.05) is 0 Å². The third-order valence-corrected chi connectivity index (χ3v) is 5.49. The molecule has 3 fully saturated rings. The van der Waals surface area contributed by atoms with E-state index >= 15 is 0 Å². The molecule has 0 aromatic carbocycles. The summed E-state index contributed by atoms with van der Waals surface area (Å²) in [5.41, 5.74) is 0. The monoisotopic (exact) mass is 280 g/mol. The first-order chi connectivity index (χ1) is 9.50. The summed E-state index contributed by atoms with van der Waals surface area (Å²) in [6.07, 6.45) is 5.75. The molecule has 0 aliphatic carbocycles. The van der Waals surface area contributed by atoms with Crippen LogP contribution < -0.4 is 0 Å². The largest absolute Gasteiger partial charge is 0.481 e. The Hall–Kier alpha value is -1.26. The second-order valence-electron chi connectivity index (χ2n) is 6.71. The second-order valence-corrected chi connectivity index (χ2v) is 6.71. The number of carboxylic acid groups (broad SMARTS) is 1. The highest BCUT2D eigenvalue weighted by molar-refractivity contribution is 5.80. The molecule has 0 radical (unpaired) electrons. The van der Waals surface area contributed by atoms with Gasteiger partial charge in [-0.3, -0.25) is 4.79 Å². The molecule has 3 aliphatic heterocycles. The second kappa shape index (κ2) is 4.93. The lowest BCUT2D eigenvalue weighted by molar-refractivity contribution is -0.142. The third kappa shape index (κ3) is 1.98. The molecule has 3 heterocycles. The minimum absolute atomic E-state index is 0.0775. The molecule has 112 valence electrons. The zero-order chi connectivity index (χ0) is 14.4. The van der Waals surface area contributed by atoms with Gasteiger partial charge in [0.05, 0.1) is 5.92 Å². The first kappa shape index (κ1) is 13.7. The fourth-order valence-corrected chi connectivity index (χ4v) is 4.48. The highest BCUT2D eigenvalue weighted by atomic mass is 16.4. The lowest BCUT2D eigenvalue weighted by Crippen LogP contribution is -2.54. The van der Waals surface area contributed by atoms with E-state index in [-0.39, 0.29) is 36.1 Å². The number of rotatable bonds is 1. The summed E-state index contributed by atoms with van der Waals surface area (Å²) in [4.78, 5) is 28.1. The van der Waals surface area contributed by atoms with Gasteiger partial charge in [-0.1, -0.05) is 0 Å². The number of piperidine rings is 1. The van der Waals surface area contributed by atoms with Crippen molar-refractivity contribution in [1.82, 2.24) is 9.80 Å². The summed E-state index contributed by atoms with van der Waals surface area (Å²) >= 11 is 0. The van der Waals surface area contributed by atoms with Crippen molar-refractivity contribution in [1.29, 1.82) is 0 Å². The Labute approximate surface area is 119 Å². The Morgan fingerprint density at radius 3 is 2.20 bits per heavy atom. The van der Waals surface area contributed by atoms with Gasteiger partial charge in [0.25, 0.3) is 0 Å². The number of carboxylic acids is 1. The highest BCUT2D eigenvalue weighted by Crippen LogP contribution is 2.43. The molecular formula is C15H24N2O3. The van der Waals surface area contributed by atoms with Crippen LogP contribution in [0.1, 0.15) is 52.4 Å². The predicted molar refractivity (Wildman–Crippen MR) is 74.4 cm³/mol. The van der Waals surface area contributed by atoms with Crippen LogP contribution in [-0.2, 0) is 4.79 Å². The van der Waals surface area contributed by atoms with Crippen molar-refractivity contribution in [3.05, 3.63) is 0 Å². The van der Waals surface area contributed by atoms with E-state index in [0.29, 0.717) is 6.42 Å². The summed E-state index contributed by atoms with van der Waals surface area (Å²) in [6.45, 7) is 4.22. The topological polar surface area (TPSA) is 60.9 Å². The first-order valence-electron chi connectivity index (χ1n) is 7.84. The minimum atomic E-state index is -0.741. The number of hydrogen-bond acceptors (Lipinski definition) is 2. The van der Waals surface area contributed by atoms with E-state index in [4.69, 9.17) is 0 Å². The maximum absolute atomic E-state index is 12.9. The quantitative estimate of drug-likeness (QED) is 0.801. The van der Waals surface area contributed by atoms with Crippen LogP contribution in [0.2, 0.25) is 0 Å². The predicted octanol–water partition coefficient (Wildman–Crippen LogP) is 2.31. The van der Waals surface area contributed by atoms with E-state index in [0.717, 1.165) is 25.7 Å². The van der Waals surface area contributed by atoms with E-state index in [2.05, 4.69) is 13.8 Å². The number of amides is 2. The van der Waals surface area contributed by atoms with Crippen molar-refractivity contribution >= 4 is 12.0 Å². The molecule has 20 heavy (non-hydrogen) atoms. The van der Waals surface area contributed by atoms with Gasteiger partial charge in [-0.15, -0.1) is 0 Å². The van der Waals surface area contributed by atoms with Crippen LogP contribution in [0.15, 0.2) is 0 Å². The standard InChI is InChI=1S/C15H24N2O3/c1-9-4-3-5-10(2)16(9)15(20)17-11-6-7-13(17)12(8-11)14(18)19/h9-13H,3-8H2,1-2H3,(H,18,19)/t9-,10+,11?,12?,13?. The number of urea groups is 1. The molecule has 0 saturated carbocycles. The van der Waals surface area contributed by atoms with E-state index in [1.807, 2.05) is 9.80 Å². The van der Waals surface area contributed by atoms with E-state index in [9.17, 15) is 14.7 Å². The molecule has 2 bridgehead atoms. The van der Waals surface area contributed by atoms with Crippen LogP contribution >= 0.6 is 0 Å². The van der Waals surface area contributed by atoms with Crippen molar-refractivity contribution < 1.29 is 14.7 Å². The molecule has 2 amide bonds. The van der Waals surface area contributed by atoms with Crippen LogP contribution in [0.5, 0.6) is 0 Å². The van der Waals surface area contributed by atoms with Gasteiger partial charge >= 0.3 is 12.0 Å². The van der Waals surface area contributed by atoms with Crippen LogP contribution in [0.4, 0.5) is 4.79 Å². The fraction of sp³-hybridized carbons (Fsp3) is 0.867. The third-order valence-electron chi connectivity index (χ3n) is 5.49. The lowest BCUT2D eigenvalue weighted by Gasteiger charge is -2.42. The van der Waals surface area contributed by atoms with Gasteiger partial charge in [0, 0.05) is 24.2 Å². The molecule has 1 N–H and O–H groups in total. The molecule has 5 nitrogen and oxygen atoms in total. The molecule has 5 atom stereocenters. The Balaban J connectivity index is 1.79. The van der Waals surface area contributed by atoms with E-state index in [1.165, 1.54) is 6.42 Å². The fourth-order valence-electron chi connectivity index (χ4n) is 4.48. The van der Waals surface area contributed by atoms with Crippen molar-refractivity contribution in [2.24, 2.45) is 5.92 Å². The Bertz CT molecular complexity index is 415. The van der Waals surface area contributed by atoms with Crippen LogP contribution in [0.25, 0.3) is 0 Å². The van der Waals surface area contributed by atoms with Crippen LogP contribution in [-0.4, -0.2) is 51.1 Å². The smallest absolute Gasteiger partial charge is 0.321 e. The average Bonchev–Trinajstić information content (AvgIpc) is 2.95. The number of aliphatic carboxylic acids is 1. The van der Waals surface area contributed by atoms with Gasteiger partial charge in [-0.2, -0.15) is 0 Å². The normalized spacial score (nSPS) is 40.2. The summed E-state index contributed by atoms with van der Waals surface area (Å²) in [5.74, 6) is -1.09. The Morgan fingerprint density at radius 2 is 1.65 bits per heavy atom. The van der Waals surface area contributed by atoms with Gasteiger partial charge in [0.2, 0.25) is 0 Å².